The van der Waals surface area contributed by atoms with Gasteiger partial charge in [0, 0.05) is 24.2 Å². The van der Waals surface area contributed by atoms with Crippen molar-refractivity contribution >= 4 is 5.91 Å². The number of rotatable bonds is 6. The molecule has 25 heavy (non-hydrogen) atoms. The molecule has 0 saturated carbocycles. The second kappa shape index (κ2) is 7.79. The standard InChI is InChI=1S/C21H23N3O/c1-16-20(17(2)24(23-16)19-11-7-4-8-12-19)15-22-21(25)14-13-18-9-5-3-6-10-18/h3-12H,13-15H2,1-2H3,(H,22,25). The highest BCUT2D eigenvalue weighted by atomic mass is 16.1. The van der Waals surface area contributed by atoms with Gasteiger partial charge in [-0.3, -0.25) is 4.79 Å². The number of hydrogen-bond acceptors (Lipinski definition) is 2. The fraction of sp³-hybridized carbons (Fsp3) is 0.238. The lowest BCUT2D eigenvalue weighted by molar-refractivity contribution is -0.121. The van der Waals surface area contributed by atoms with Crippen LogP contribution in [0.1, 0.15) is 28.9 Å². The fourth-order valence-electron chi connectivity index (χ4n) is 2.93. The van der Waals surface area contributed by atoms with Gasteiger partial charge in [-0.15, -0.1) is 0 Å². The minimum Gasteiger partial charge on any atom is -0.352 e. The molecular weight excluding hydrogens is 310 g/mol. The van der Waals surface area contributed by atoms with Gasteiger partial charge in [0.05, 0.1) is 11.4 Å². The molecule has 1 heterocycles. The highest BCUT2D eigenvalue weighted by Gasteiger charge is 2.13. The summed E-state index contributed by atoms with van der Waals surface area (Å²) in [6.07, 6.45) is 1.25. The molecule has 128 valence electrons. The number of nitrogens with zero attached hydrogens (tertiary/aromatic N) is 2. The second-order valence-corrected chi connectivity index (χ2v) is 6.16. The molecule has 0 spiro atoms. The van der Waals surface area contributed by atoms with Crippen LogP contribution >= 0.6 is 0 Å². The van der Waals surface area contributed by atoms with Crippen molar-refractivity contribution in [3.8, 4) is 5.69 Å². The molecule has 2 aromatic carbocycles. The molecule has 1 N–H and O–H groups in total. The number of aryl methyl sites for hydroxylation is 2. The molecule has 0 fully saturated rings. The SMILES string of the molecule is Cc1nn(-c2ccccc2)c(C)c1CNC(=O)CCc1ccccc1. The first-order valence-corrected chi connectivity index (χ1v) is 8.56. The van der Waals surface area contributed by atoms with Crippen LogP contribution in [0.15, 0.2) is 60.7 Å². The number of amides is 1. The Hall–Kier alpha value is -2.88. The van der Waals surface area contributed by atoms with Crippen LogP contribution in [0.2, 0.25) is 0 Å². The third kappa shape index (κ3) is 4.15. The van der Waals surface area contributed by atoms with E-state index < -0.39 is 0 Å². The quantitative estimate of drug-likeness (QED) is 0.747. The lowest BCUT2D eigenvalue weighted by Crippen LogP contribution is -2.23. The van der Waals surface area contributed by atoms with Gasteiger partial charge in [-0.05, 0) is 38.0 Å². The fourth-order valence-corrected chi connectivity index (χ4v) is 2.93. The lowest BCUT2D eigenvalue weighted by Gasteiger charge is -2.07. The maximum absolute atomic E-state index is 12.2. The summed E-state index contributed by atoms with van der Waals surface area (Å²) in [5.74, 6) is 0.0649. The van der Waals surface area contributed by atoms with Gasteiger partial charge in [0.1, 0.15) is 0 Å². The normalized spacial score (nSPS) is 10.6. The summed E-state index contributed by atoms with van der Waals surface area (Å²) in [4.78, 5) is 12.2. The van der Waals surface area contributed by atoms with Gasteiger partial charge in [0.25, 0.3) is 0 Å². The Morgan fingerprint density at radius 2 is 1.64 bits per heavy atom. The number of nitrogens with one attached hydrogen (secondary N) is 1. The summed E-state index contributed by atoms with van der Waals surface area (Å²) in [5.41, 5.74) is 5.31. The van der Waals surface area contributed by atoms with Gasteiger partial charge >= 0.3 is 0 Å². The predicted molar refractivity (Wildman–Crippen MR) is 99.6 cm³/mol. The monoisotopic (exact) mass is 333 g/mol. The zero-order valence-corrected chi connectivity index (χ0v) is 14.7. The lowest BCUT2D eigenvalue weighted by atomic mass is 10.1. The van der Waals surface area contributed by atoms with Crippen LogP contribution in [0.5, 0.6) is 0 Å². The second-order valence-electron chi connectivity index (χ2n) is 6.16. The minimum absolute atomic E-state index is 0.0649. The maximum Gasteiger partial charge on any atom is 0.220 e. The summed E-state index contributed by atoms with van der Waals surface area (Å²) in [5, 5.41) is 7.64. The van der Waals surface area contributed by atoms with E-state index in [1.54, 1.807) is 0 Å². The predicted octanol–water partition coefficient (Wildman–Crippen LogP) is 3.74. The molecule has 4 heteroatoms. The van der Waals surface area contributed by atoms with Crippen LogP contribution in [-0.4, -0.2) is 15.7 Å². The van der Waals surface area contributed by atoms with E-state index in [1.807, 2.05) is 79.2 Å². The van der Waals surface area contributed by atoms with E-state index in [2.05, 4.69) is 10.4 Å². The number of carbonyl (C=O) groups is 1. The van der Waals surface area contributed by atoms with E-state index in [0.717, 1.165) is 29.1 Å². The zero-order chi connectivity index (χ0) is 17.6. The molecule has 0 aliphatic heterocycles. The Kier molecular flexibility index (Phi) is 5.29. The van der Waals surface area contributed by atoms with Crippen molar-refractivity contribution in [1.82, 2.24) is 15.1 Å². The summed E-state index contributed by atoms with van der Waals surface area (Å²) >= 11 is 0. The number of benzene rings is 2. The van der Waals surface area contributed by atoms with Crippen molar-refractivity contribution in [1.29, 1.82) is 0 Å². The number of para-hydroxylation sites is 1. The molecule has 1 amide bonds. The largest absolute Gasteiger partial charge is 0.352 e. The van der Waals surface area contributed by atoms with E-state index in [-0.39, 0.29) is 5.91 Å². The van der Waals surface area contributed by atoms with Crippen LogP contribution in [-0.2, 0) is 17.8 Å². The van der Waals surface area contributed by atoms with Crippen LogP contribution < -0.4 is 5.32 Å². The Morgan fingerprint density at radius 1 is 1.00 bits per heavy atom. The summed E-state index contributed by atoms with van der Waals surface area (Å²) in [6, 6.07) is 20.1. The first-order valence-electron chi connectivity index (χ1n) is 8.56. The summed E-state index contributed by atoms with van der Waals surface area (Å²) in [7, 11) is 0. The van der Waals surface area contributed by atoms with Crippen molar-refractivity contribution < 1.29 is 4.79 Å². The topological polar surface area (TPSA) is 46.9 Å². The van der Waals surface area contributed by atoms with Crippen molar-refractivity contribution in [3.05, 3.63) is 83.2 Å². The molecule has 0 aliphatic carbocycles. The summed E-state index contributed by atoms with van der Waals surface area (Å²) < 4.78 is 1.93. The third-order valence-corrected chi connectivity index (χ3v) is 4.39. The van der Waals surface area contributed by atoms with Crippen LogP contribution in [0.4, 0.5) is 0 Å². The Morgan fingerprint density at radius 3 is 2.32 bits per heavy atom. The van der Waals surface area contributed by atoms with E-state index in [0.29, 0.717) is 13.0 Å². The average Bonchev–Trinajstić information content (AvgIpc) is 2.94. The Labute approximate surface area is 148 Å². The zero-order valence-electron chi connectivity index (χ0n) is 14.7. The van der Waals surface area contributed by atoms with Crippen molar-refractivity contribution in [2.75, 3.05) is 0 Å². The molecule has 0 aliphatic rings. The van der Waals surface area contributed by atoms with Gasteiger partial charge in [0.15, 0.2) is 0 Å². The molecule has 0 unspecified atom stereocenters. The third-order valence-electron chi connectivity index (χ3n) is 4.39. The molecular formula is C21H23N3O. The molecule has 1 aromatic heterocycles. The van der Waals surface area contributed by atoms with Gasteiger partial charge < -0.3 is 5.32 Å². The van der Waals surface area contributed by atoms with Crippen molar-refractivity contribution in [2.24, 2.45) is 0 Å². The van der Waals surface area contributed by atoms with Gasteiger partial charge in [-0.1, -0.05) is 48.5 Å². The Balaban J connectivity index is 1.61. The van der Waals surface area contributed by atoms with E-state index in [9.17, 15) is 4.79 Å². The molecule has 3 aromatic rings. The van der Waals surface area contributed by atoms with Gasteiger partial charge in [-0.2, -0.15) is 5.10 Å². The smallest absolute Gasteiger partial charge is 0.220 e. The van der Waals surface area contributed by atoms with Crippen molar-refractivity contribution in [3.63, 3.8) is 0 Å². The molecule has 0 atom stereocenters. The molecule has 0 radical (unpaired) electrons. The number of aromatic nitrogens is 2. The van der Waals surface area contributed by atoms with E-state index >= 15 is 0 Å². The number of carbonyl (C=O) groups excluding carboxylic acids is 1. The van der Waals surface area contributed by atoms with Crippen LogP contribution in [0, 0.1) is 13.8 Å². The minimum atomic E-state index is 0.0649. The summed E-state index contributed by atoms with van der Waals surface area (Å²) in [6.45, 7) is 4.54. The molecule has 4 nitrogen and oxygen atoms in total. The van der Waals surface area contributed by atoms with Crippen molar-refractivity contribution in [2.45, 2.75) is 33.2 Å². The number of hydrogen-bond donors (Lipinski definition) is 1. The highest BCUT2D eigenvalue weighted by Crippen LogP contribution is 2.17. The van der Waals surface area contributed by atoms with E-state index in [4.69, 9.17) is 0 Å². The highest BCUT2D eigenvalue weighted by molar-refractivity contribution is 5.76. The average molecular weight is 333 g/mol. The maximum atomic E-state index is 12.2. The van der Waals surface area contributed by atoms with Crippen LogP contribution in [0.25, 0.3) is 5.69 Å². The van der Waals surface area contributed by atoms with E-state index in [1.165, 1.54) is 5.56 Å². The molecule has 0 saturated heterocycles. The van der Waals surface area contributed by atoms with Gasteiger partial charge in [-0.25, -0.2) is 4.68 Å². The Bertz CT molecular complexity index is 838. The molecule has 0 bridgehead atoms. The molecule has 3 rings (SSSR count). The first kappa shape index (κ1) is 17.0. The van der Waals surface area contributed by atoms with Crippen LogP contribution in [0.3, 0.4) is 0 Å². The first-order chi connectivity index (χ1) is 12.1. The van der Waals surface area contributed by atoms with Gasteiger partial charge in [0.2, 0.25) is 5.91 Å².